The van der Waals surface area contributed by atoms with Gasteiger partial charge < -0.3 is 19.6 Å². The van der Waals surface area contributed by atoms with E-state index in [1.165, 1.54) is 25.7 Å². The molecule has 1 amide bonds. The van der Waals surface area contributed by atoms with E-state index < -0.39 is 5.97 Å². The van der Waals surface area contributed by atoms with Gasteiger partial charge in [0.15, 0.2) is 0 Å². The number of carbonyl (C=O) groups is 2. The van der Waals surface area contributed by atoms with Crippen LogP contribution in [0.2, 0.25) is 0 Å². The summed E-state index contributed by atoms with van der Waals surface area (Å²) in [5, 5.41) is 9.68. The molecule has 1 saturated heterocycles. The lowest BCUT2D eigenvalue weighted by molar-refractivity contribution is -0.136. The normalized spacial score (nSPS) is 20.0. The molecule has 1 aromatic carbocycles. The zero-order chi connectivity index (χ0) is 23.9. The maximum Gasteiger partial charge on any atom is 0.332 e. The first-order chi connectivity index (χ1) is 16.5. The average Bonchev–Trinajstić information content (AvgIpc) is 3.29. The fourth-order valence-electron chi connectivity index (χ4n) is 4.93. The smallest absolute Gasteiger partial charge is 0.332 e. The lowest BCUT2D eigenvalue weighted by Gasteiger charge is -2.22. The molecule has 1 aliphatic carbocycles. The molecule has 0 radical (unpaired) electrons. The minimum absolute atomic E-state index is 0.0765. The third kappa shape index (κ3) is 6.16. The summed E-state index contributed by atoms with van der Waals surface area (Å²) in [5.41, 5.74) is 0.851. The Morgan fingerprint density at radius 3 is 2.44 bits per heavy atom. The van der Waals surface area contributed by atoms with Crippen LogP contribution in [0, 0.1) is 11.8 Å². The van der Waals surface area contributed by atoms with E-state index in [1.807, 2.05) is 59.3 Å². The lowest BCUT2D eigenvalue weighted by Crippen LogP contribution is -2.29. The topological polar surface area (TPSA) is 83.0 Å². The van der Waals surface area contributed by atoms with Crippen LogP contribution in [0.1, 0.15) is 37.7 Å². The van der Waals surface area contributed by atoms with Crippen LogP contribution in [0.4, 0.5) is 5.82 Å². The minimum Gasteiger partial charge on any atom is -0.492 e. The molecule has 2 atom stereocenters. The number of ether oxygens (including phenoxy) is 1. The minimum atomic E-state index is -1.05. The third-order valence-electron chi connectivity index (χ3n) is 6.90. The van der Waals surface area contributed by atoms with Crippen molar-refractivity contribution in [3.05, 3.63) is 59.8 Å². The van der Waals surface area contributed by atoms with Crippen molar-refractivity contribution >= 4 is 23.8 Å². The van der Waals surface area contributed by atoms with Crippen molar-refractivity contribution in [2.24, 2.45) is 11.8 Å². The summed E-state index contributed by atoms with van der Waals surface area (Å²) in [4.78, 5) is 32.8. The van der Waals surface area contributed by atoms with Gasteiger partial charge in [-0.05, 0) is 60.6 Å². The Labute approximate surface area is 201 Å². The Morgan fingerprint density at radius 2 is 1.82 bits per heavy atom. The molecule has 180 valence electrons. The summed E-state index contributed by atoms with van der Waals surface area (Å²) in [5.74, 6) is 1.63. The van der Waals surface area contributed by atoms with Gasteiger partial charge in [0.05, 0.1) is 13.0 Å². The molecule has 4 rings (SSSR count). The van der Waals surface area contributed by atoms with Gasteiger partial charge in [0.25, 0.3) is 0 Å². The van der Waals surface area contributed by atoms with Crippen LogP contribution in [-0.4, -0.2) is 60.2 Å². The standard InChI is InChI=1S/C27H33N3O4/c1-29(25-8-4-5-13-28-25)14-15-34-24-11-9-20(10-12-24)16-23(27(32)33)17-26(31)30-18-21-6-2-3-7-22(21)19-30/h4-5,8-13,16,21-22H,2-3,6-7,14-15,17-19H2,1H3,(H,32,33)/b23-16-/t21-,22+. The molecule has 2 aliphatic rings. The van der Waals surface area contributed by atoms with Gasteiger partial charge in [-0.1, -0.05) is 31.0 Å². The first-order valence-corrected chi connectivity index (χ1v) is 12.1. The average molecular weight is 464 g/mol. The Hall–Kier alpha value is -3.35. The highest BCUT2D eigenvalue weighted by atomic mass is 16.5. The molecule has 1 aromatic heterocycles. The van der Waals surface area contributed by atoms with Crippen LogP contribution >= 0.6 is 0 Å². The van der Waals surface area contributed by atoms with E-state index in [0.29, 0.717) is 30.7 Å². The van der Waals surface area contributed by atoms with Gasteiger partial charge >= 0.3 is 5.97 Å². The molecule has 1 N–H and O–H groups in total. The first-order valence-electron chi connectivity index (χ1n) is 12.1. The van der Waals surface area contributed by atoms with E-state index >= 15 is 0 Å². The summed E-state index contributed by atoms with van der Waals surface area (Å²) in [6.07, 6.45) is 8.12. The van der Waals surface area contributed by atoms with Gasteiger partial charge in [-0.2, -0.15) is 0 Å². The van der Waals surface area contributed by atoms with Gasteiger partial charge in [-0.3, -0.25) is 4.79 Å². The molecule has 7 heteroatoms. The number of benzene rings is 1. The van der Waals surface area contributed by atoms with E-state index in [0.717, 1.165) is 24.5 Å². The number of pyridine rings is 1. The van der Waals surface area contributed by atoms with Crippen LogP contribution in [0.3, 0.4) is 0 Å². The Morgan fingerprint density at radius 1 is 1.12 bits per heavy atom. The molecule has 0 unspecified atom stereocenters. The number of aliphatic carboxylic acids is 1. The monoisotopic (exact) mass is 463 g/mol. The molecular weight excluding hydrogens is 430 g/mol. The molecule has 0 spiro atoms. The third-order valence-corrected chi connectivity index (χ3v) is 6.90. The number of amides is 1. The van der Waals surface area contributed by atoms with Crippen molar-refractivity contribution < 1.29 is 19.4 Å². The van der Waals surface area contributed by atoms with Crippen molar-refractivity contribution in [2.45, 2.75) is 32.1 Å². The molecule has 2 heterocycles. The van der Waals surface area contributed by atoms with Crippen molar-refractivity contribution in [3.63, 3.8) is 0 Å². The van der Waals surface area contributed by atoms with E-state index in [-0.39, 0.29) is 17.9 Å². The summed E-state index contributed by atoms with van der Waals surface area (Å²) in [6, 6.07) is 13.0. The number of fused-ring (bicyclic) bond motifs is 1. The number of likely N-dealkylation sites (tertiary alicyclic amines) is 1. The second kappa shape index (κ2) is 11.2. The number of carboxylic acid groups (broad SMARTS) is 1. The molecule has 7 nitrogen and oxygen atoms in total. The van der Waals surface area contributed by atoms with Gasteiger partial charge in [-0.15, -0.1) is 0 Å². The number of carboxylic acids is 1. The maximum absolute atomic E-state index is 12.8. The quantitative estimate of drug-likeness (QED) is 0.564. The van der Waals surface area contributed by atoms with Crippen molar-refractivity contribution in [1.29, 1.82) is 0 Å². The van der Waals surface area contributed by atoms with Crippen LogP contribution < -0.4 is 9.64 Å². The molecule has 1 saturated carbocycles. The van der Waals surface area contributed by atoms with Crippen LogP contribution in [0.5, 0.6) is 5.75 Å². The Balaban J connectivity index is 1.30. The lowest BCUT2D eigenvalue weighted by atomic mass is 9.82. The fourth-order valence-corrected chi connectivity index (χ4v) is 4.93. The largest absolute Gasteiger partial charge is 0.492 e. The summed E-state index contributed by atoms with van der Waals surface area (Å²) < 4.78 is 5.82. The van der Waals surface area contributed by atoms with Gasteiger partial charge in [0.1, 0.15) is 18.2 Å². The highest BCUT2D eigenvalue weighted by Crippen LogP contribution is 2.36. The number of anilines is 1. The second-order valence-corrected chi connectivity index (χ2v) is 9.28. The summed E-state index contributed by atoms with van der Waals surface area (Å²) in [6.45, 7) is 2.73. The van der Waals surface area contributed by atoms with Crippen LogP contribution in [0.25, 0.3) is 6.08 Å². The fraction of sp³-hybridized carbons (Fsp3) is 0.444. The zero-order valence-corrected chi connectivity index (χ0v) is 19.7. The number of hydrogen-bond donors (Lipinski definition) is 1. The number of carbonyl (C=O) groups excluding carboxylic acids is 1. The number of likely N-dealkylation sites (N-methyl/N-ethyl adjacent to an activating group) is 1. The second-order valence-electron chi connectivity index (χ2n) is 9.28. The van der Waals surface area contributed by atoms with Crippen LogP contribution in [-0.2, 0) is 9.59 Å². The van der Waals surface area contributed by atoms with Gasteiger partial charge in [-0.25, -0.2) is 9.78 Å². The van der Waals surface area contributed by atoms with Gasteiger partial charge in [0, 0.05) is 31.9 Å². The van der Waals surface area contributed by atoms with Crippen molar-refractivity contribution in [3.8, 4) is 5.75 Å². The van der Waals surface area contributed by atoms with E-state index in [4.69, 9.17) is 4.74 Å². The summed E-state index contributed by atoms with van der Waals surface area (Å²) >= 11 is 0. The number of hydrogen-bond acceptors (Lipinski definition) is 5. The molecule has 34 heavy (non-hydrogen) atoms. The Kier molecular flexibility index (Phi) is 7.83. The highest BCUT2D eigenvalue weighted by molar-refractivity contribution is 5.98. The maximum atomic E-state index is 12.8. The number of rotatable bonds is 9. The van der Waals surface area contributed by atoms with Crippen molar-refractivity contribution in [2.75, 3.05) is 38.2 Å². The van der Waals surface area contributed by atoms with E-state index in [1.54, 1.807) is 12.3 Å². The zero-order valence-electron chi connectivity index (χ0n) is 19.7. The molecule has 2 fully saturated rings. The predicted molar refractivity (Wildman–Crippen MR) is 132 cm³/mol. The highest BCUT2D eigenvalue weighted by Gasteiger charge is 2.36. The first kappa shape index (κ1) is 23.8. The van der Waals surface area contributed by atoms with E-state index in [2.05, 4.69) is 4.98 Å². The van der Waals surface area contributed by atoms with E-state index in [9.17, 15) is 14.7 Å². The number of aromatic nitrogens is 1. The van der Waals surface area contributed by atoms with Crippen LogP contribution in [0.15, 0.2) is 54.2 Å². The molecule has 2 aromatic rings. The van der Waals surface area contributed by atoms with Gasteiger partial charge in [0.2, 0.25) is 5.91 Å². The SMILES string of the molecule is CN(CCOc1ccc(/C=C(/CC(=O)N2C[C@H]3CCCC[C@H]3C2)C(=O)O)cc1)c1ccccn1. The van der Waals surface area contributed by atoms with Crippen molar-refractivity contribution in [1.82, 2.24) is 9.88 Å². The molecule has 0 bridgehead atoms. The predicted octanol–water partition coefficient (Wildman–Crippen LogP) is 4.10. The Bertz CT molecular complexity index is 992. The molecule has 1 aliphatic heterocycles. The molecular formula is C27H33N3O4. The summed E-state index contributed by atoms with van der Waals surface area (Å²) in [7, 11) is 1.96. The number of nitrogens with zero attached hydrogens (tertiary/aromatic N) is 3.